The van der Waals surface area contributed by atoms with E-state index in [0.29, 0.717) is 23.6 Å². The highest BCUT2D eigenvalue weighted by Gasteiger charge is 2.13. The van der Waals surface area contributed by atoms with E-state index in [0.717, 1.165) is 5.56 Å². The SMILES string of the molecule is COCCC(CO)NC(=O)c1ccc(Cl)c(C)c1. The van der Waals surface area contributed by atoms with Crippen molar-refractivity contribution in [3.8, 4) is 0 Å². The first-order chi connectivity index (χ1) is 8.58. The molecule has 100 valence electrons. The Hall–Kier alpha value is -1.10. The number of hydrogen-bond donors (Lipinski definition) is 2. The number of carbonyl (C=O) groups is 1. The Bertz CT molecular complexity index is 409. The van der Waals surface area contributed by atoms with E-state index in [4.69, 9.17) is 21.4 Å². The summed E-state index contributed by atoms with van der Waals surface area (Å²) < 4.78 is 4.92. The van der Waals surface area contributed by atoms with Crippen molar-refractivity contribution >= 4 is 17.5 Å². The van der Waals surface area contributed by atoms with Crippen molar-refractivity contribution in [1.29, 1.82) is 0 Å². The zero-order valence-corrected chi connectivity index (χ0v) is 11.3. The van der Waals surface area contributed by atoms with Crippen LogP contribution in [0.1, 0.15) is 22.3 Å². The van der Waals surface area contributed by atoms with E-state index < -0.39 is 0 Å². The third kappa shape index (κ3) is 4.29. The van der Waals surface area contributed by atoms with E-state index in [-0.39, 0.29) is 18.6 Å². The summed E-state index contributed by atoms with van der Waals surface area (Å²) in [6.45, 7) is 2.22. The van der Waals surface area contributed by atoms with Gasteiger partial charge in [0.05, 0.1) is 12.6 Å². The van der Waals surface area contributed by atoms with Crippen LogP contribution < -0.4 is 5.32 Å². The molecule has 2 N–H and O–H groups in total. The number of hydrogen-bond acceptors (Lipinski definition) is 3. The first kappa shape index (κ1) is 15.0. The monoisotopic (exact) mass is 271 g/mol. The number of aliphatic hydroxyl groups excluding tert-OH is 1. The third-order valence-corrected chi connectivity index (χ3v) is 3.07. The van der Waals surface area contributed by atoms with E-state index in [1.54, 1.807) is 25.3 Å². The summed E-state index contributed by atoms with van der Waals surface area (Å²) >= 11 is 5.90. The van der Waals surface area contributed by atoms with Crippen molar-refractivity contribution in [3.05, 3.63) is 34.3 Å². The molecule has 4 nitrogen and oxygen atoms in total. The molecule has 0 aliphatic carbocycles. The second-order valence-corrected chi connectivity index (χ2v) is 4.51. The Morgan fingerprint density at radius 2 is 2.28 bits per heavy atom. The number of benzene rings is 1. The molecule has 0 saturated carbocycles. The van der Waals surface area contributed by atoms with Gasteiger partial charge in [-0.3, -0.25) is 4.79 Å². The number of aliphatic hydroxyl groups is 1. The second kappa shape index (κ2) is 7.36. The van der Waals surface area contributed by atoms with Crippen molar-refractivity contribution < 1.29 is 14.6 Å². The lowest BCUT2D eigenvalue weighted by molar-refractivity contribution is 0.0894. The molecule has 1 rings (SSSR count). The van der Waals surface area contributed by atoms with Gasteiger partial charge in [-0.15, -0.1) is 0 Å². The molecule has 0 saturated heterocycles. The molecular formula is C13H18ClNO3. The lowest BCUT2D eigenvalue weighted by Crippen LogP contribution is -2.38. The summed E-state index contributed by atoms with van der Waals surface area (Å²) in [5, 5.41) is 12.5. The van der Waals surface area contributed by atoms with Crippen LogP contribution in [0.25, 0.3) is 0 Å². The highest BCUT2D eigenvalue weighted by atomic mass is 35.5. The predicted molar refractivity (Wildman–Crippen MR) is 71.0 cm³/mol. The molecule has 18 heavy (non-hydrogen) atoms. The first-order valence-corrected chi connectivity index (χ1v) is 6.13. The maximum atomic E-state index is 11.9. The van der Waals surface area contributed by atoms with Crippen LogP contribution in [0.5, 0.6) is 0 Å². The molecular weight excluding hydrogens is 254 g/mol. The summed E-state index contributed by atoms with van der Waals surface area (Å²) in [5.41, 5.74) is 1.38. The van der Waals surface area contributed by atoms with Gasteiger partial charge in [-0.25, -0.2) is 0 Å². The minimum atomic E-state index is -0.298. The zero-order valence-electron chi connectivity index (χ0n) is 10.6. The molecule has 1 aromatic rings. The molecule has 0 aliphatic rings. The maximum absolute atomic E-state index is 11.9. The van der Waals surface area contributed by atoms with Gasteiger partial charge in [0, 0.05) is 24.3 Å². The van der Waals surface area contributed by atoms with Crippen molar-refractivity contribution in [2.24, 2.45) is 0 Å². The van der Waals surface area contributed by atoms with E-state index in [1.807, 2.05) is 6.92 Å². The van der Waals surface area contributed by atoms with Crippen molar-refractivity contribution in [2.45, 2.75) is 19.4 Å². The van der Waals surface area contributed by atoms with Gasteiger partial charge in [0.1, 0.15) is 0 Å². The third-order valence-electron chi connectivity index (χ3n) is 2.65. The summed E-state index contributed by atoms with van der Waals surface area (Å²) in [7, 11) is 1.58. The molecule has 0 heterocycles. The summed E-state index contributed by atoms with van der Waals surface area (Å²) in [6, 6.07) is 4.78. The van der Waals surface area contributed by atoms with Crippen LogP contribution >= 0.6 is 11.6 Å². The Morgan fingerprint density at radius 3 is 2.83 bits per heavy atom. The topological polar surface area (TPSA) is 58.6 Å². The second-order valence-electron chi connectivity index (χ2n) is 4.10. The summed E-state index contributed by atoms with van der Waals surface area (Å²) in [4.78, 5) is 11.9. The predicted octanol–water partition coefficient (Wildman–Crippen LogP) is 1.78. The minimum Gasteiger partial charge on any atom is -0.394 e. The number of methoxy groups -OCH3 is 1. The zero-order chi connectivity index (χ0) is 13.5. The van der Waals surface area contributed by atoms with E-state index in [9.17, 15) is 4.79 Å². The van der Waals surface area contributed by atoms with Crippen molar-refractivity contribution in [1.82, 2.24) is 5.32 Å². The van der Waals surface area contributed by atoms with Crippen LogP contribution in [0.3, 0.4) is 0 Å². The number of ether oxygens (including phenoxy) is 1. The highest BCUT2D eigenvalue weighted by Crippen LogP contribution is 2.16. The standard InChI is InChI=1S/C13H18ClNO3/c1-9-7-10(3-4-12(9)14)13(17)15-11(8-16)5-6-18-2/h3-4,7,11,16H,5-6,8H2,1-2H3,(H,15,17). The van der Waals surface area contributed by atoms with Gasteiger partial charge >= 0.3 is 0 Å². The molecule has 0 fully saturated rings. The van der Waals surface area contributed by atoms with E-state index in [2.05, 4.69) is 5.32 Å². The Kier molecular flexibility index (Phi) is 6.12. The maximum Gasteiger partial charge on any atom is 0.251 e. The molecule has 1 atom stereocenters. The largest absolute Gasteiger partial charge is 0.394 e. The van der Waals surface area contributed by atoms with Crippen LogP contribution in [0.2, 0.25) is 5.02 Å². The van der Waals surface area contributed by atoms with Gasteiger partial charge in [-0.1, -0.05) is 11.6 Å². The first-order valence-electron chi connectivity index (χ1n) is 5.75. The van der Waals surface area contributed by atoms with Gasteiger partial charge < -0.3 is 15.2 Å². The molecule has 1 aromatic carbocycles. The van der Waals surface area contributed by atoms with Gasteiger partial charge in [-0.2, -0.15) is 0 Å². The van der Waals surface area contributed by atoms with E-state index >= 15 is 0 Å². The number of aryl methyl sites for hydroxylation is 1. The highest BCUT2D eigenvalue weighted by molar-refractivity contribution is 6.31. The average molecular weight is 272 g/mol. The number of nitrogens with one attached hydrogen (secondary N) is 1. The fraction of sp³-hybridized carbons (Fsp3) is 0.462. The van der Waals surface area contributed by atoms with Gasteiger partial charge in [0.2, 0.25) is 0 Å². The van der Waals surface area contributed by atoms with Gasteiger partial charge in [-0.05, 0) is 37.1 Å². The molecule has 0 radical (unpaired) electrons. The van der Waals surface area contributed by atoms with Crippen LogP contribution in [-0.4, -0.2) is 37.4 Å². The molecule has 0 bridgehead atoms. The van der Waals surface area contributed by atoms with E-state index in [1.165, 1.54) is 0 Å². The van der Waals surface area contributed by atoms with Crippen LogP contribution in [0, 0.1) is 6.92 Å². The van der Waals surface area contributed by atoms with Crippen molar-refractivity contribution in [2.75, 3.05) is 20.3 Å². The average Bonchev–Trinajstić information content (AvgIpc) is 2.37. The fourth-order valence-electron chi connectivity index (χ4n) is 1.52. The lowest BCUT2D eigenvalue weighted by Gasteiger charge is -2.16. The lowest BCUT2D eigenvalue weighted by atomic mass is 10.1. The Balaban J connectivity index is 2.65. The fourth-order valence-corrected chi connectivity index (χ4v) is 1.64. The number of halogens is 1. The van der Waals surface area contributed by atoms with Crippen LogP contribution in [0.4, 0.5) is 0 Å². The normalized spacial score (nSPS) is 12.2. The number of rotatable bonds is 6. The smallest absolute Gasteiger partial charge is 0.251 e. The molecule has 1 amide bonds. The summed E-state index contributed by atoms with van der Waals surface area (Å²) in [6.07, 6.45) is 0.575. The minimum absolute atomic E-state index is 0.109. The quantitative estimate of drug-likeness (QED) is 0.829. The van der Waals surface area contributed by atoms with Crippen molar-refractivity contribution in [3.63, 3.8) is 0 Å². The number of amides is 1. The molecule has 0 aromatic heterocycles. The Morgan fingerprint density at radius 1 is 1.56 bits per heavy atom. The molecule has 0 aliphatic heterocycles. The molecule has 5 heteroatoms. The number of carbonyl (C=O) groups excluding carboxylic acids is 1. The summed E-state index contributed by atoms with van der Waals surface area (Å²) in [5.74, 6) is -0.218. The van der Waals surface area contributed by atoms with Crippen LogP contribution in [-0.2, 0) is 4.74 Å². The van der Waals surface area contributed by atoms with Crippen LogP contribution in [0.15, 0.2) is 18.2 Å². The van der Waals surface area contributed by atoms with Gasteiger partial charge in [0.15, 0.2) is 0 Å². The molecule has 0 spiro atoms. The molecule has 1 unspecified atom stereocenters. The van der Waals surface area contributed by atoms with Gasteiger partial charge in [0.25, 0.3) is 5.91 Å². The Labute approximate surface area is 112 Å².